The van der Waals surface area contributed by atoms with Gasteiger partial charge in [0, 0.05) is 39.4 Å². The maximum atomic E-state index is 11.5. The van der Waals surface area contributed by atoms with Gasteiger partial charge in [-0.15, -0.1) is 0 Å². The first-order valence-electron chi connectivity index (χ1n) is 19.8. The Kier molecular flexibility index (Phi) is 8.62. The second-order valence-corrected chi connectivity index (χ2v) is 17.4. The zero-order chi connectivity index (χ0) is 39.6. The van der Waals surface area contributed by atoms with E-state index in [1.54, 1.807) is 0 Å². The van der Waals surface area contributed by atoms with Crippen molar-refractivity contribution in [1.82, 2.24) is 14.5 Å². The van der Waals surface area contributed by atoms with E-state index in [0.717, 1.165) is 77.8 Å². The van der Waals surface area contributed by atoms with E-state index in [1.807, 2.05) is 30.5 Å². The van der Waals surface area contributed by atoms with E-state index < -0.39 is 0 Å². The molecular formula is C53H47N3O. The molecule has 57 heavy (non-hydrogen) atoms. The van der Waals surface area contributed by atoms with Gasteiger partial charge < -0.3 is 5.11 Å². The number of hydrogen-bond donors (Lipinski definition) is 1. The summed E-state index contributed by atoms with van der Waals surface area (Å²) in [5, 5.41) is 14.8. The molecule has 9 rings (SSSR count). The summed E-state index contributed by atoms with van der Waals surface area (Å²) in [4.78, 5) is 10.5. The topological polar surface area (TPSA) is 50.9 Å². The zero-order valence-corrected chi connectivity index (χ0v) is 33.7. The van der Waals surface area contributed by atoms with Gasteiger partial charge in [0.15, 0.2) is 0 Å². The van der Waals surface area contributed by atoms with Crippen molar-refractivity contribution in [3.63, 3.8) is 0 Å². The molecule has 0 bridgehead atoms. The number of aromatic nitrogens is 3. The number of aromatic hydroxyl groups is 1. The van der Waals surface area contributed by atoms with Gasteiger partial charge in [0.1, 0.15) is 11.6 Å². The van der Waals surface area contributed by atoms with E-state index in [0.29, 0.717) is 0 Å². The number of aryl methyl sites for hydroxylation is 1. The lowest BCUT2D eigenvalue weighted by Gasteiger charge is -2.23. The highest BCUT2D eigenvalue weighted by molar-refractivity contribution is 6.01. The summed E-state index contributed by atoms with van der Waals surface area (Å²) in [6.07, 6.45) is 1.91. The minimum Gasteiger partial charge on any atom is -0.507 e. The van der Waals surface area contributed by atoms with Crippen LogP contribution in [0.15, 0.2) is 152 Å². The summed E-state index contributed by atoms with van der Waals surface area (Å²) in [6.45, 7) is 15.7. The lowest BCUT2D eigenvalue weighted by molar-refractivity contribution is 0.478. The van der Waals surface area contributed by atoms with Crippen LogP contribution in [0.5, 0.6) is 5.75 Å². The zero-order valence-electron chi connectivity index (χ0n) is 33.7. The van der Waals surface area contributed by atoms with Crippen LogP contribution in [0.25, 0.3) is 83.2 Å². The van der Waals surface area contributed by atoms with E-state index in [2.05, 4.69) is 174 Å². The van der Waals surface area contributed by atoms with Crippen molar-refractivity contribution in [1.29, 1.82) is 0 Å². The summed E-state index contributed by atoms with van der Waals surface area (Å²) >= 11 is 0. The van der Waals surface area contributed by atoms with Crippen LogP contribution in [0.3, 0.4) is 0 Å². The van der Waals surface area contributed by atoms with Crippen molar-refractivity contribution in [2.45, 2.75) is 59.3 Å². The number of para-hydroxylation sites is 1. The van der Waals surface area contributed by atoms with E-state index in [4.69, 9.17) is 9.97 Å². The molecule has 0 radical (unpaired) electrons. The molecule has 0 aliphatic rings. The van der Waals surface area contributed by atoms with Crippen LogP contribution in [0.1, 0.15) is 58.2 Å². The minimum atomic E-state index is -0.0479. The van der Waals surface area contributed by atoms with Gasteiger partial charge in [-0.1, -0.05) is 133 Å². The molecule has 1 N–H and O–H groups in total. The smallest absolute Gasteiger partial charge is 0.145 e. The molecule has 0 saturated heterocycles. The quantitative estimate of drug-likeness (QED) is 0.191. The number of rotatable bonds is 5. The van der Waals surface area contributed by atoms with Crippen LogP contribution >= 0.6 is 0 Å². The Hall–Kier alpha value is -6.52. The Morgan fingerprint density at radius 1 is 0.509 bits per heavy atom. The highest BCUT2D eigenvalue weighted by Crippen LogP contribution is 2.43. The third-order valence-electron chi connectivity index (χ3n) is 11.4. The first kappa shape index (κ1) is 36.1. The number of benzene rings is 7. The number of imidazole rings is 1. The highest BCUT2D eigenvalue weighted by atomic mass is 16.3. The Morgan fingerprint density at radius 2 is 1.18 bits per heavy atom. The van der Waals surface area contributed by atoms with Crippen LogP contribution in [-0.4, -0.2) is 19.6 Å². The molecule has 9 aromatic rings. The van der Waals surface area contributed by atoms with E-state index in [-0.39, 0.29) is 16.6 Å². The predicted octanol–water partition coefficient (Wildman–Crippen LogP) is 14.0. The molecule has 4 heteroatoms. The Labute approximate surface area is 335 Å². The third-order valence-corrected chi connectivity index (χ3v) is 11.4. The van der Waals surface area contributed by atoms with Crippen molar-refractivity contribution >= 4 is 32.7 Å². The number of phenolic OH excluding ortho intramolecular Hbond substituents is 1. The van der Waals surface area contributed by atoms with Gasteiger partial charge in [-0.25, -0.2) is 4.98 Å². The second kappa shape index (κ2) is 13.6. The fourth-order valence-electron chi connectivity index (χ4n) is 8.11. The Morgan fingerprint density at radius 3 is 1.93 bits per heavy atom. The molecule has 4 nitrogen and oxygen atoms in total. The summed E-state index contributed by atoms with van der Waals surface area (Å²) in [5.74, 6) is 1.05. The van der Waals surface area contributed by atoms with E-state index in [9.17, 15) is 5.11 Å². The molecule has 0 atom stereocenters. The van der Waals surface area contributed by atoms with Crippen LogP contribution in [-0.2, 0) is 10.8 Å². The number of hydrogen-bond acceptors (Lipinski definition) is 3. The summed E-state index contributed by atoms with van der Waals surface area (Å²) < 4.78 is 2.32. The van der Waals surface area contributed by atoms with Crippen LogP contribution in [0.2, 0.25) is 0 Å². The average Bonchev–Trinajstić information content (AvgIpc) is 3.60. The average molecular weight is 742 g/mol. The summed E-state index contributed by atoms with van der Waals surface area (Å²) in [6, 6.07) is 51.3. The van der Waals surface area contributed by atoms with Crippen LogP contribution in [0, 0.1) is 6.92 Å². The molecule has 2 heterocycles. The molecule has 0 aliphatic heterocycles. The van der Waals surface area contributed by atoms with Gasteiger partial charge in [0.05, 0.1) is 22.2 Å². The predicted molar refractivity (Wildman–Crippen MR) is 239 cm³/mol. The van der Waals surface area contributed by atoms with Gasteiger partial charge in [0.25, 0.3) is 0 Å². The van der Waals surface area contributed by atoms with Crippen molar-refractivity contribution in [2.75, 3.05) is 0 Å². The monoisotopic (exact) mass is 741 g/mol. The van der Waals surface area contributed by atoms with Gasteiger partial charge in [-0.3, -0.25) is 9.55 Å². The van der Waals surface area contributed by atoms with Crippen molar-refractivity contribution in [2.24, 2.45) is 0 Å². The Balaban J connectivity index is 1.35. The fourth-order valence-corrected chi connectivity index (χ4v) is 8.11. The van der Waals surface area contributed by atoms with Gasteiger partial charge in [-0.2, -0.15) is 0 Å². The maximum absolute atomic E-state index is 11.5. The molecule has 0 fully saturated rings. The first-order chi connectivity index (χ1) is 27.3. The highest BCUT2D eigenvalue weighted by Gasteiger charge is 2.24. The SMILES string of the molecule is Cc1ccnc2c(-c3cccc(-c4nc5c(-c6cc7ccccc7cc6O)cccc5n4-c4ccc(C(C)(C)C)cc4-c4ccccc4)c3)cc(C(C)(C)C)cc12. The van der Waals surface area contributed by atoms with Crippen molar-refractivity contribution in [3.8, 4) is 56.2 Å². The van der Waals surface area contributed by atoms with Crippen LogP contribution in [0.4, 0.5) is 0 Å². The molecule has 0 aliphatic carbocycles. The molecule has 0 saturated carbocycles. The molecular weight excluding hydrogens is 695 g/mol. The summed E-state index contributed by atoms with van der Waals surface area (Å²) in [7, 11) is 0. The molecule has 0 unspecified atom stereocenters. The van der Waals surface area contributed by atoms with Crippen molar-refractivity contribution < 1.29 is 5.11 Å². The largest absolute Gasteiger partial charge is 0.507 e. The molecule has 7 aromatic carbocycles. The first-order valence-corrected chi connectivity index (χ1v) is 19.8. The molecule has 280 valence electrons. The van der Waals surface area contributed by atoms with Gasteiger partial charge in [0.2, 0.25) is 0 Å². The van der Waals surface area contributed by atoms with Crippen molar-refractivity contribution in [3.05, 3.63) is 168 Å². The summed E-state index contributed by atoms with van der Waals surface area (Å²) in [5.41, 5.74) is 14.5. The van der Waals surface area contributed by atoms with Gasteiger partial charge >= 0.3 is 0 Å². The normalized spacial score (nSPS) is 12.2. The van der Waals surface area contributed by atoms with E-state index >= 15 is 0 Å². The minimum absolute atomic E-state index is 0.0470. The number of phenols is 1. The second-order valence-electron chi connectivity index (χ2n) is 17.4. The fraction of sp³-hybridized carbons (Fsp3) is 0.170. The lowest BCUT2D eigenvalue weighted by Crippen LogP contribution is -2.12. The molecule has 2 aromatic heterocycles. The number of nitrogens with zero attached hydrogens (tertiary/aromatic N) is 3. The Bertz CT molecular complexity index is 3000. The van der Waals surface area contributed by atoms with Gasteiger partial charge in [-0.05, 0) is 111 Å². The lowest BCUT2D eigenvalue weighted by atomic mass is 9.83. The number of pyridine rings is 1. The standard InChI is InChI=1S/C53H47N3O/c1-33-25-26-54-49-42(33)31-40(53(5,6)7)32-44(49)37-19-13-20-38(27-37)51-55-50-41(45-28-35-17-11-12-18-36(35)29-48(45)57)21-14-22-47(50)56(51)46-24-23-39(52(2,3)4)30-43(46)34-15-9-8-10-16-34/h8-32,57H,1-7H3. The maximum Gasteiger partial charge on any atom is 0.145 e. The third kappa shape index (κ3) is 6.45. The van der Waals surface area contributed by atoms with Crippen LogP contribution < -0.4 is 0 Å². The molecule has 0 spiro atoms. The number of fused-ring (bicyclic) bond motifs is 3. The molecule has 0 amide bonds. The van der Waals surface area contributed by atoms with E-state index in [1.165, 1.54) is 22.1 Å².